The van der Waals surface area contributed by atoms with E-state index < -0.39 is 23.7 Å². The summed E-state index contributed by atoms with van der Waals surface area (Å²) < 4.78 is 16.0. The number of amides is 1. The number of carbonyl (C=O) groups is 3. The van der Waals surface area contributed by atoms with Crippen LogP contribution in [0.3, 0.4) is 0 Å². The minimum absolute atomic E-state index is 0.0350. The van der Waals surface area contributed by atoms with Gasteiger partial charge in [0.25, 0.3) is 11.7 Å². The molecule has 0 bridgehead atoms. The fraction of sp³-hybridized carbons (Fsp3) is 0.414. The molecule has 0 unspecified atom stereocenters. The highest BCUT2D eigenvalue weighted by Crippen LogP contribution is 2.40. The van der Waals surface area contributed by atoms with Crippen molar-refractivity contribution in [3.63, 3.8) is 0 Å². The zero-order chi connectivity index (χ0) is 26.8. The van der Waals surface area contributed by atoms with E-state index in [2.05, 4.69) is 4.90 Å². The second-order valence-corrected chi connectivity index (χ2v) is 9.87. The number of hydrogen-bond donors (Lipinski definition) is 1. The minimum Gasteiger partial charge on any atom is -0.507 e. The van der Waals surface area contributed by atoms with Gasteiger partial charge in [0.1, 0.15) is 17.6 Å². The third-order valence-corrected chi connectivity index (χ3v) is 7.33. The van der Waals surface area contributed by atoms with Crippen LogP contribution < -0.4 is 4.74 Å². The second-order valence-electron chi connectivity index (χ2n) is 9.87. The number of carbonyl (C=O) groups excluding carboxylic acids is 3. The van der Waals surface area contributed by atoms with Gasteiger partial charge in [-0.2, -0.15) is 0 Å². The zero-order valence-electron chi connectivity index (χ0n) is 21.6. The van der Waals surface area contributed by atoms with Gasteiger partial charge in [0.2, 0.25) is 0 Å². The number of likely N-dealkylation sites (tertiary alicyclic amines) is 1. The van der Waals surface area contributed by atoms with Crippen molar-refractivity contribution in [2.45, 2.75) is 31.9 Å². The molecule has 0 spiro atoms. The number of Topliss-reactive ketones (excluding diaryl/α,β-unsaturated/α-hetero) is 1. The van der Waals surface area contributed by atoms with Crippen LogP contribution in [0.5, 0.6) is 5.75 Å². The highest BCUT2D eigenvalue weighted by molar-refractivity contribution is 6.46. The summed E-state index contributed by atoms with van der Waals surface area (Å²) >= 11 is 0. The molecule has 3 heterocycles. The minimum atomic E-state index is -0.783. The summed E-state index contributed by atoms with van der Waals surface area (Å²) in [5, 5.41) is 11.4. The summed E-state index contributed by atoms with van der Waals surface area (Å²) in [4.78, 5) is 42.4. The molecular weight excluding hydrogens is 488 g/mol. The molecule has 9 nitrogen and oxygen atoms in total. The Morgan fingerprint density at radius 1 is 1.05 bits per heavy atom. The fourth-order valence-electron chi connectivity index (χ4n) is 5.39. The number of rotatable bonds is 7. The van der Waals surface area contributed by atoms with Gasteiger partial charge in [0.15, 0.2) is 0 Å². The first-order valence-corrected chi connectivity index (χ1v) is 12.9. The number of methoxy groups -OCH3 is 1. The van der Waals surface area contributed by atoms with Crippen LogP contribution in [0.25, 0.3) is 5.76 Å². The highest BCUT2D eigenvalue weighted by Gasteiger charge is 2.46. The Morgan fingerprint density at radius 3 is 2.47 bits per heavy atom. The summed E-state index contributed by atoms with van der Waals surface area (Å²) in [5.41, 5.74) is 2.43. The lowest BCUT2D eigenvalue weighted by atomic mass is 9.94. The van der Waals surface area contributed by atoms with E-state index >= 15 is 0 Å². The molecule has 2 aromatic carbocycles. The van der Waals surface area contributed by atoms with Gasteiger partial charge in [-0.15, -0.1) is 0 Å². The SMILES string of the molecule is COC(=O)c1ccc([C@H]2C(=C(O)c3ccc4c(c3)C[C@@H](C)O4)C(=O)C(=O)N2CCCN2CCOCC2)cc1. The molecule has 1 amide bonds. The van der Waals surface area contributed by atoms with E-state index in [4.69, 9.17) is 14.2 Å². The van der Waals surface area contributed by atoms with E-state index in [9.17, 15) is 19.5 Å². The fourth-order valence-corrected chi connectivity index (χ4v) is 5.39. The van der Waals surface area contributed by atoms with Gasteiger partial charge in [0, 0.05) is 38.2 Å². The molecule has 3 aliphatic rings. The number of aliphatic hydroxyl groups is 1. The van der Waals surface area contributed by atoms with E-state index in [1.54, 1.807) is 36.4 Å². The summed E-state index contributed by atoms with van der Waals surface area (Å²) in [7, 11) is 1.31. The molecule has 38 heavy (non-hydrogen) atoms. The summed E-state index contributed by atoms with van der Waals surface area (Å²) in [6.45, 7) is 6.11. The van der Waals surface area contributed by atoms with Crippen molar-refractivity contribution in [2.75, 3.05) is 46.5 Å². The Hall–Kier alpha value is -3.69. The molecule has 3 aliphatic heterocycles. The monoisotopic (exact) mass is 520 g/mol. The van der Waals surface area contributed by atoms with Crippen LogP contribution in [-0.2, 0) is 25.5 Å². The largest absolute Gasteiger partial charge is 0.507 e. The lowest BCUT2D eigenvalue weighted by Gasteiger charge is -2.29. The van der Waals surface area contributed by atoms with Crippen molar-refractivity contribution in [3.8, 4) is 5.75 Å². The van der Waals surface area contributed by atoms with Gasteiger partial charge in [-0.25, -0.2) is 4.79 Å². The Bertz CT molecular complexity index is 1260. The molecular formula is C29H32N2O7. The van der Waals surface area contributed by atoms with Crippen molar-refractivity contribution in [1.82, 2.24) is 9.80 Å². The molecule has 5 rings (SSSR count). The van der Waals surface area contributed by atoms with Gasteiger partial charge in [-0.3, -0.25) is 14.5 Å². The molecule has 2 atom stereocenters. The van der Waals surface area contributed by atoms with Crippen molar-refractivity contribution in [2.24, 2.45) is 0 Å². The first kappa shape index (κ1) is 25.9. The van der Waals surface area contributed by atoms with E-state index in [0.29, 0.717) is 49.3 Å². The van der Waals surface area contributed by atoms with Crippen molar-refractivity contribution >= 4 is 23.4 Å². The molecule has 9 heteroatoms. The topological polar surface area (TPSA) is 106 Å². The van der Waals surface area contributed by atoms with E-state index in [0.717, 1.165) is 30.9 Å². The first-order chi connectivity index (χ1) is 18.4. The maximum atomic E-state index is 13.4. The van der Waals surface area contributed by atoms with Crippen molar-refractivity contribution in [1.29, 1.82) is 0 Å². The van der Waals surface area contributed by atoms with Gasteiger partial charge in [-0.05, 0) is 54.8 Å². The standard InChI is InChI=1S/C29H32N2O7/c1-18-16-22-17-21(8-9-23(22)38-18)26(32)24-25(19-4-6-20(7-5-19)29(35)36-2)31(28(34)27(24)33)11-3-10-30-12-14-37-15-13-30/h4-9,17-18,25,32H,3,10-16H2,1-2H3/t18-,25+/m1/s1. The number of ketones is 1. The Morgan fingerprint density at radius 2 is 1.76 bits per heavy atom. The molecule has 2 saturated heterocycles. The Kier molecular flexibility index (Phi) is 7.49. The third-order valence-electron chi connectivity index (χ3n) is 7.33. The summed E-state index contributed by atoms with van der Waals surface area (Å²) in [5.74, 6) is -1.31. The van der Waals surface area contributed by atoms with E-state index in [1.807, 2.05) is 13.0 Å². The van der Waals surface area contributed by atoms with Crippen LogP contribution in [0.4, 0.5) is 0 Å². The number of nitrogens with zero attached hydrogens (tertiary/aromatic N) is 2. The average Bonchev–Trinajstić information content (AvgIpc) is 3.44. The van der Waals surface area contributed by atoms with Crippen molar-refractivity contribution in [3.05, 3.63) is 70.3 Å². The number of benzene rings is 2. The predicted molar refractivity (Wildman–Crippen MR) is 139 cm³/mol. The number of fused-ring (bicyclic) bond motifs is 1. The molecule has 0 aliphatic carbocycles. The van der Waals surface area contributed by atoms with Gasteiger partial charge < -0.3 is 24.2 Å². The number of hydrogen-bond acceptors (Lipinski definition) is 8. The van der Waals surface area contributed by atoms with Crippen LogP contribution >= 0.6 is 0 Å². The van der Waals surface area contributed by atoms with Crippen LogP contribution in [0.2, 0.25) is 0 Å². The number of aliphatic hydroxyl groups excluding tert-OH is 1. The average molecular weight is 521 g/mol. The molecule has 0 saturated carbocycles. The zero-order valence-corrected chi connectivity index (χ0v) is 21.6. The maximum absolute atomic E-state index is 13.4. The van der Waals surface area contributed by atoms with E-state index in [-0.39, 0.29) is 17.4 Å². The molecule has 0 radical (unpaired) electrons. The highest BCUT2D eigenvalue weighted by atomic mass is 16.5. The van der Waals surface area contributed by atoms with E-state index in [1.165, 1.54) is 12.0 Å². The maximum Gasteiger partial charge on any atom is 0.337 e. The normalized spacial score (nSPS) is 22.8. The summed E-state index contributed by atoms with van der Waals surface area (Å²) in [6.07, 6.45) is 1.40. The van der Waals surface area contributed by atoms with Crippen molar-refractivity contribution < 1.29 is 33.7 Å². The molecule has 2 aromatic rings. The molecule has 1 N–H and O–H groups in total. The quantitative estimate of drug-likeness (QED) is 0.257. The van der Waals surface area contributed by atoms with Crippen LogP contribution in [0.15, 0.2) is 48.0 Å². The Labute approximate surface area is 221 Å². The lowest BCUT2D eigenvalue weighted by molar-refractivity contribution is -0.140. The van der Waals surface area contributed by atoms with Gasteiger partial charge >= 0.3 is 5.97 Å². The molecule has 2 fully saturated rings. The number of ether oxygens (including phenoxy) is 3. The summed E-state index contributed by atoms with van der Waals surface area (Å²) in [6, 6.07) is 11.1. The van der Waals surface area contributed by atoms with Crippen LogP contribution in [-0.4, -0.2) is 85.2 Å². The first-order valence-electron chi connectivity index (χ1n) is 12.9. The predicted octanol–water partition coefficient (Wildman–Crippen LogP) is 2.94. The van der Waals surface area contributed by atoms with Crippen LogP contribution in [0.1, 0.15) is 46.4 Å². The smallest absolute Gasteiger partial charge is 0.337 e. The lowest BCUT2D eigenvalue weighted by Crippen LogP contribution is -2.39. The van der Waals surface area contributed by atoms with Gasteiger partial charge in [0.05, 0.1) is 37.5 Å². The third kappa shape index (κ3) is 5.04. The molecule has 200 valence electrons. The second kappa shape index (κ2) is 11.0. The number of esters is 1. The number of morpholine rings is 1. The Balaban J connectivity index is 1.49. The molecule has 0 aromatic heterocycles. The van der Waals surface area contributed by atoms with Crippen LogP contribution in [0, 0.1) is 0 Å². The van der Waals surface area contributed by atoms with Gasteiger partial charge in [-0.1, -0.05) is 12.1 Å².